The van der Waals surface area contributed by atoms with Crippen molar-refractivity contribution in [3.63, 3.8) is 0 Å². The van der Waals surface area contributed by atoms with Gasteiger partial charge in [0.15, 0.2) is 0 Å². The summed E-state index contributed by atoms with van der Waals surface area (Å²) < 4.78 is 0. The average molecular weight is 232 g/mol. The topological polar surface area (TPSA) is 15.3 Å². The molecule has 1 aliphatic heterocycles. The number of rotatable bonds is 6. The van der Waals surface area contributed by atoms with E-state index >= 15 is 0 Å². The first-order chi connectivity index (χ1) is 8.35. The second-order valence-corrected chi connectivity index (χ2v) is 4.90. The summed E-state index contributed by atoms with van der Waals surface area (Å²) in [7, 11) is 0. The Morgan fingerprint density at radius 2 is 1.94 bits per heavy atom. The van der Waals surface area contributed by atoms with E-state index in [1.807, 2.05) is 0 Å². The number of nitrogens with zero attached hydrogens (tertiary/aromatic N) is 1. The Hall–Kier alpha value is -1.02. The van der Waals surface area contributed by atoms with Crippen LogP contribution in [0.15, 0.2) is 18.2 Å². The van der Waals surface area contributed by atoms with Crippen molar-refractivity contribution < 1.29 is 0 Å². The molecule has 17 heavy (non-hydrogen) atoms. The molecule has 0 aromatic heterocycles. The van der Waals surface area contributed by atoms with Gasteiger partial charge in [-0.15, -0.1) is 0 Å². The first-order valence-corrected chi connectivity index (χ1v) is 6.92. The molecule has 0 spiro atoms. The molecule has 1 heterocycles. The summed E-state index contributed by atoms with van der Waals surface area (Å²) >= 11 is 0. The van der Waals surface area contributed by atoms with Crippen LogP contribution in [0.1, 0.15) is 37.8 Å². The lowest BCUT2D eigenvalue weighted by Crippen LogP contribution is -2.25. The molecule has 0 unspecified atom stereocenters. The Kier molecular flexibility index (Phi) is 4.43. The van der Waals surface area contributed by atoms with Gasteiger partial charge in [-0.1, -0.05) is 32.0 Å². The summed E-state index contributed by atoms with van der Waals surface area (Å²) in [5, 5.41) is 3.53. The Labute approximate surface area is 105 Å². The minimum absolute atomic E-state index is 1.10. The Morgan fingerprint density at radius 3 is 2.65 bits per heavy atom. The van der Waals surface area contributed by atoms with Crippen molar-refractivity contribution >= 4 is 5.69 Å². The predicted molar refractivity (Wildman–Crippen MR) is 74.5 cm³/mol. The summed E-state index contributed by atoms with van der Waals surface area (Å²) in [6.45, 7) is 9.13. The van der Waals surface area contributed by atoms with Gasteiger partial charge in [0.1, 0.15) is 0 Å². The van der Waals surface area contributed by atoms with Crippen molar-refractivity contribution in [2.75, 3.05) is 25.0 Å². The molecule has 2 heteroatoms. The highest BCUT2D eigenvalue weighted by Crippen LogP contribution is 2.27. The van der Waals surface area contributed by atoms with Crippen LogP contribution in [0.5, 0.6) is 0 Å². The van der Waals surface area contributed by atoms with Gasteiger partial charge >= 0.3 is 0 Å². The average Bonchev–Trinajstić information content (AvgIpc) is 2.79. The zero-order valence-corrected chi connectivity index (χ0v) is 11.1. The number of anilines is 1. The Balaban J connectivity index is 2.09. The Bertz CT molecular complexity index is 354. The molecular weight excluding hydrogens is 208 g/mol. The smallest absolute Gasteiger partial charge is 0.0419 e. The molecule has 0 saturated carbocycles. The van der Waals surface area contributed by atoms with Gasteiger partial charge in [-0.25, -0.2) is 0 Å². The predicted octanol–water partition coefficient (Wildman–Crippen LogP) is 3.28. The van der Waals surface area contributed by atoms with Crippen molar-refractivity contribution in [3.8, 4) is 0 Å². The number of benzene rings is 1. The van der Waals surface area contributed by atoms with E-state index in [1.165, 1.54) is 49.2 Å². The van der Waals surface area contributed by atoms with Crippen LogP contribution < -0.4 is 5.32 Å². The second-order valence-electron chi connectivity index (χ2n) is 4.90. The summed E-state index contributed by atoms with van der Waals surface area (Å²) in [6.07, 6.45) is 3.66. The van der Waals surface area contributed by atoms with Gasteiger partial charge in [-0.2, -0.15) is 0 Å². The third kappa shape index (κ3) is 3.01. The zero-order chi connectivity index (χ0) is 12.1. The zero-order valence-electron chi connectivity index (χ0n) is 11.1. The van der Waals surface area contributed by atoms with Crippen LogP contribution in [-0.2, 0) is 13.0 Å². The first-order valence-electron chi connectivity index (χ1n) is 6.92. The van der Waals surface area contributed by atoms with E-state index in [0.29, 0.717) is 0 Å². The van der Waals surface area contributed by atoms with Crippen LogP contribution in [0.25, 0.3) is 0 Å². The Morgan fingerprint density at radius 1 is 1.18 bits per heavy atom. The van der Waals surface area contributed by atoms with Crippen molar-refractivity contribution in [2.24, 2.45) is 0 Å². The maximum absolute atomic E-state index is 3.53. The first kappa shape index (κ1) is 12.4. The number of nitrogens with one attached hydrogen (secondary N) is 1. The highest BCUT2D eigenvalue weighted by molar-refractivity contribution is 5.61. The molecule has 0 amide bonds. The molecule has 1 N–H and O–H groups in total. The van der Waals surface area contributed by atoms with Gasteiger partial charge in [-0.3, -0.25) is 4.90 Å². The van der Waals surface area contributed by atoms with E-state index < -0.39 is 0 Å². The van der Waals surface area contributed by atoms with Gasteiger partial charge in [0.05, 0.1) is 0 Å². The maximum atomic E-state index is 3.53. The fourth-order valence-electron chi connectivity index (χ4n) is 2.69. The summed E-state index contributed by atoms with van der Waals surface area (Å²) in [6, 6.07) is 6.73. The van der Waals surface area contributed by atoms with E-state index in [2.05, 4.69) is 42.3 Å². The minimum Gasteiger partial charge on any atom is -0.384 e. The van der Waals surface area contributed by atoms with Gasteiger partial charge in [0.2, 0.25) is 0 Å². The third-order valence-electron chi connectivity index (χ3n) is 3.41. The molecule has 1 aromatic carbocycles. The highest BCUT2D eigenvalue weighted by atomic mass is 15.1. The van der Waals surface area contributed by atoms with Gasteiger partial charge in [0.25, 0.3) is 0 Å². The molecule has 0 fully saturated rings. The quantitative estimate of drug-likeness (QED) is 0.809. The molecule has 94 valence electrons. The van der Waals surface area contributed by atoms with Gasteiger partial charge in [0, 0.05) is 18.8 Å². The molecule has 0 radical (unpaired) electrons. The van der Waals surface area contributed by atoms with E-state index in [1.54, 1.807) is 0 Å². The number of hydrogen-bond acceptors (Lipinski definition) is 2. The van der Waals surface area contributed by atoms with Crippen molar-refractivity contribution in [2.45, 2.75) is 39.7 Å². The lowest BCUT2D eigenvalue weighted by Gasteiger charge is -2.22. The normalized spacial score (nSPS) is 13.8. The molecule has 2 nitrogen and oxygen atoms in total. The lowest BCUT2D eigenvalue weighted by atomic mass is 10.1. The van der Waals surface area contributed by atoms with E-state index in [9.17, 15) is 0 Å². The fraction of sp³-hybridized carbons (Fsp3) is 0.600. The molecule has 1 aliphatic rings. The van der Waals surface area contributed by atoms with Gasteiger partial charge in [-0.05, 0) is 43.5 Å². The van der Waals surface area contributed by atoms with E-state index in [4.69, 9.17) is 0 Å². The SMILES string of the molecule is CCCN(CCC)Cc1cccc2c1NCC2. The molecule has 0 atom stereocenters. The van der Waals surface area contributed by atoms with Crippen LogP contribution in [0, 0.1) is 0 Å². The van der Waals surface area contributed by atoms with Crippen molar-refractivity contribution in [1.82, 2.24) is 4.90 Å². The molecule has 0 aliphatic carbocycles. The second kappa shape index (κ2) is 6.06. The molecule has 0 saturated heterocycles. The van der Waals surface area contributed by atoms with Crippen LogP contribution in [0.2, 0.25) is 0 Å². The molecule has 2 rings (SSSR count). The third-order valence-corrected chi connectivity index (χ3v) is 3.41. The van der Waals surface area contributed by atoms with Crippen LogP contribution in [-0.4, -0.2) is 24.5 Å². The lowest BCUT2D eigenvalue weighted by molar-refractivity contribution is 0.267. The largest absolute Gasteiger partial charge is 0.384 e. The highest BCUT2D eigenvalue weighted by Gasteiger charge is 2.15. The maximum Gasteiger partial charge on any atom is 0.0419 e. The van der Waals surface area contributed by atoms with E-state index in [-0.39, 0.29) is 0 Å². The van der Waals surface area contributed by atoms with Crippen LogP contribution >= 0.6 is 0 Å². The molecular formula is C15H24N2. The summed E-state index contributed by atoms with van der Waals surface area (Å²) in [5.74, 6) is 0. The summed E-state index contributed by atoms with van der Waals surface area (Å²) in [4.78, 5) is 2.57. The number of para-hydroxylation sites is 1. The monoisotopic (exact) mass is 232 g/mol. The standard InChI is InChI=1S/C15H24N2/c1-3-10-17(11-4-2)12-14-7-5-6-13-8-9-16-15(13)14/h5-7,16H,3-4,8-12H2,1-2H3. The summed E-state index contributed by atoms with van der Waals surface area (Å²) in [5.41, 5.74) is 4.38. The van der Waals surface area contributed by atoms with Crippen LogP contribution in [0.4, 0.5) is 5.69 Å². The van der Waals surface area contributed by atoms with Crippen molar-refractivity contribution in [1.29, 1.82) is 0 Å². The van der Waals surface area contributed by atoms with Gasteiger partial charge < -0.3 is 5.32 Å². The van der Waals surface area contributed by atoms with Crippen LogP contribution in [0.3, 0.4) is 0 Å². The fourth-order valence-corrected chi connectivity index (χ4v) is 2.69. The van der Waals surface area contributed by atoms with E-state index in [0.717, 1.165) is 13.1 Å². The van der Waals surface area contributed by atoms with Crippen molar-refractivity contribution in [3.05, 3.63) is 29.3 Å². The molecule has 0 bridgehead atoms. The minimum atomic E-state index is 1.10. The number of fused-ring (bicyclic) bond motifs is 1. The number of hydrogen-bond donors (Lipinski definition) is 1. The molecule has 1 aromatic rings.